The van der Waals surface area contributed by atoms with Gasteiger partial charge in [-0.25, -0.2) is 0 Å². The van der Waals surface area contributed by atoms with Crippen LogP contribution in [0.5, 0.6) is 5.75 Å². The van der Waals surface area contributed by atoms with Crippen molar-refractivity contribution >= 4 is 11.6 Å². The molecule has 0 radical (unpaired) electrons. The Morgan fingerprint density at radius 1 is 1.17 bits per heavy atom. The van der Waals surface area contributed by atoms with Gasteiger partial charge in [0.1, 0.15) is 12.4 Å². The molecular formula is C19H17N3O2. The highest BCUT2D eigenvalue weighted by Crippen LogP contribution is 2.15. The highest BCUT2D eigenvalue weighted by molar-refractivity contribution is 5.99. The van der Waals surface area contributed by atoms with Gasteiger partial charge in [-0.1, -0.05) is 18.1 Å². The van der Waals surface area contributed by atoms with Gasteiger partial charge in [0.05, 0.1) is 23.7 Å². The number of nitriles is 1. The maximum atomic E-state index is 12.0. The van der Waals surface area contributed by atoms with Gasteiger partial charge < -0.3 is 15.4 Å². The number of nitrogens with zero attached hydrogens (tertiary/aromatic N) is 1. The lowest BCUT2D eigenvalue weighted by Crippen LogP contribution is -2.25. The minimum atomic E-state index is -0.218. The predicted molar refractivity (Wildman–Crippen MR) is 92.7 cm³/mol. The van der Waals surface area contributed by atoms with Crippen molar-refractivity contribution in [3.05, 3.63) is 59.7 Å². The molecule has 2 aromatic carbocycles. The van der Waals surface area contributed by atoms with E-state index in [4.69, 9.17) is 16.4 Å². The number of nitrogens with one attached hydrogen (secondary N) is 2. The van der Waals surface area contributed by atoms with Gasteiger partial charge in [-0.15, -0.1) is 6.42 Å². The lowest BCUT2D eigenvalue weighted by molar-refractivity contribution is 0.0959. The molecule has 1 amide bonds. The molecule has 0 bridgehead atoms. The molecule has 2 rings (SSSR count). The van der Waals surface area contributed by atoms with Crippen molar-refractivity contribution in [2.75, 3.05) is 25.0 Å². The fourth-order valence-electron chi connectivity index (χ4n) is 2.04. The Hall–Kier alpha value is -3.44. The van der Waals surface area contributed by atoms with Gasteiger partial charge in [-0.3, -0.25) is 4.79 Å². The summed E-state index contributed by atoms with van der Waals surface area (Å²) in [5.41, 5.74) is 1.84. The molecule has 0 fully saturated rings. The molecule has 5 nitrogen and oxygen atoms in total. The summed E-state index contributed by atoms with van der Waals surface area (Å²) < 4.78 is 5.59. The summed E-state index contributed by atoms with van der Waals surface area (Å²) in [4.78, 5) is 12.0. The second kappa shape index (κ2) is 8.87. The molecule has 0 unspecified atom stereocenters. The highest BCUT2D eigenvalue weighted by Gasteiger charge is 2.09. The monoisotopic (exact) mass is 319 g/mol. The number of anilines is 1. The normalized spacial score (nSPS) is 9.42. The van der Waals surface area contributed by atoms with Crippen molar-refractivity contribution in [2.24, 2.45) is 0 Å². The Morgan fingerprint density at radius 2 is 1.92 bits per heavy atom. The largest absolute Gasteiger partial charge is 0.492 e. The Bertz CT molecular complexity index is 770. The Morgan fingerprint density at radius 3 is 2.62 bits per heavy atom. The van der Waals surface area contributed by atoms with Crippen LogP contribution in [0, 0.1) is 23.7 Å². The van der Waals surface area contributed by atoms with E-state index in [1.807, 2.05) is 12.1 Å². The van der Waals surface area contributed by atoms with E-state index in [1.165, 1.54) is 0 Å². The summed E-state index contributed by atoms with van der Waals surface area (Å²) in [6, 6.07) is 16.2. The molecule has 0 aliphatic rings. The number of hydrogen-bond donors (Lipinski definition) is 2. The molecule has 0 saturated carbocycles. The standard InChI is InChI=1S/C19H17N3O2/c1-2-11-22-19(23)17-5-3-4-6-18(17)21-12-13-24-16-9-7-15(14-20)8-10-16/h1,3-10,21H,11-13H2,(H,22,23). The third-order valence-corrected chi connectivity index (χ3v) is 3.19. The molecule has 0 aromatic heterocycles. The van der Waals surface area contributed by atoms with Crippen LogP contribution in [0.25, 0.3) is 0 Å². The van der Waals surface area contributed by atoms with Gasteiger partial charge >= 0.3 is 0 Å². The first-order chi connectivity index (χ1) is 11.7. The van der Waals surface area contributed by atoms with Gasteiger partial charge in [-0.2, -0.15) is 5.26 Å². The van der Waals surface area contributed by atoms with Crippen LogP contribution in [-0.2, 0) is 0 Å². The molecule has 0 spiro atoms. The lowest BCUT2D eigenvalue weighted by Gasteiger charge is -2.12. The van der Waals surface area contributed by atoms with Crippen LogP contribution in [0.1, 0.15) is 15.9 Å². The van der Waals surface area contributed by atoms with Crippen molar-refractivity contribution in [3.8, 4) is 24.2 Å². The number of ether oxygens (including phenoxy) is 1. The summed E-state index contributed by atoms with van der Waals surface area (Å²) in [5.74, 6) is 2.85. The van der Waals surface area contributed by atoms with Crippen LogP contribution in [0.15, 0.2) is 48.5 Å². The maximum absolute atomic E-state index is 12.0. The third kappa shape index (κ3) is 4.79. The summed E-state index contributed by atoms with van der Waals surface area (Å²) in [6.07, 6.45) is 5.15. The van der Waals surface area contributed by atoms with E-state index < -0.39 is 0 Å². The number of carbonyl (C=O) groups excluding carboxylic acids is 1. The van der Waals surface area contributed by atoms with E-state index in [9.17, 15) is 4.79 Å². The third-order valence-electron chi connectivity index (χ3n) is 3.19. The minimum absolute atomic E-state index is 0.189. The summed E-state index contributed by atoms with van der Waals surface area (Å²) >= 11 is 0. The van der Waals surface area contributed by atoms with E-state index in [0.29, 0.717) is 30.0 Å². The van der Waals surface area contributed by atoms with E-state index in [2.05, 4.69) is 22.6 Å². The molecular weight excluding hydrogens is 302 g/mol. The number of terminal acetylenes is 1. The Labute approximate surface area is 141 Å². The Balaban J connectivity index is 1.87. The number of para-hydroxylation sites is 1. The second-order valence-corrected chi connectivity index (χ2v) is 4.84. The molecule has 0 aliphatic heterocycles. The van der Waals surface area contributed by atoms with E-state index in [0.717, 1.165) is 5.69 Å². The fraction of sp³-hybridized carbons (Fsp3) is 0.158. The minimum Gasteiger partial charge on any atom is -0.492 e. The lowest BCUT2D eigenvalue weighted by atomic mass is 10.1. The average molecular weight is 319 g/mol. The summed E-state index contributed by atoms with van der Waals surface area (Å²) in [7, 11) is 0. The van der Waals surface area contributed by atoms with Crippen molar-refractivity contribution in [1.82, 2.24) is 5.32 Å². The van der Waals surface area contributed by atoms with Gasteiger partial charge in [-0.05, 0) is 36.4 Å². The SMILES string of the molecule is C#CCNC(=O)c1ccccc1NCCOc1ccc(C#N)cc1. The second-order valence-electron chi connectivity index (χ2n) is 4.84. The van der Waals surface area contributed by atoms with Crippen LogP contribution in [0.2, 0.25) is 0 Å². The maximum Gasteiger partial charge on any atom is 0.254 e. The number of rotatable bonds is 7. The number of amides is 1. The predicted octanol–water partition coefficient (Wildman–Crippen LogP) is 2.41. The van der Waals surface area contributed by atoms with Crippen molar-refractivity contribution in [2.45, 2.75) is 0 Å². The molecule has 2 aromatic rings. The number of carbonyl (C=O) groups is 1. The topological polar surface area (TPSA) is 74.2 Å². The van der Waals surface area contributed by atoms with Gasteiger partial charge in [0, 0.05) is 12.2 Å². The van der Waals surface area contributed by atoms with Crippen LogP contribution < -0.4 is 15.4 Å². The molecule has 0 saturated heterocycles. The molecule has 0 aliphatic carbocycles. The molecule has 2 N–H and O–H groups in total. The highest BCUT2D eigenvalue weighted by atomic mass is 16.5. The fourth-order valence-corrected chi connectivity index (χ4v) is 2.04. The van der Waals surface area contributed by atoms with E-state index in [-0.39, 0.29) is 12.5 Å². The van der Waals surface area contributed by atoms with E-state index >= 15 is 0 Å². The van der Waals surface area contributed by atoms with Gasteiger partial charge in [0.15, 0.2) is 0 Å². The quantitative estimate of drug-likeness (QED) is 0.607. The first kappa shape index (κ1) is 16.9. The number of benzene rings is 2. The van der Waals surface area contributed by atoms with Crippen LogP contribution in [0.3, 0.4) is 0 Å². The number of hydrogen-bond acceptors (Lipinski definition) is 4. The summed E-state index contributed by atoms with van der Waals surface area (Å²) in [5, 5.41) is 14.6. The van der Waals surface area contributed by atoms with Crippen LogP contribution >= 0.6 is 0 Å². The molecule has 0 atom stereocenters. The molecule has 120 valence electrons. The van der Waals surface area contributed by atoms with E-state index in [1.54, 1.807) is 36.4 Å². The zero-order valence-electron chi connectivity index (χ0n) is 13.1. The molecule has 24 heavy (non-hydrogen) atoms. The first-order valence-corrected chi connectivity index (χ1v) is 7.42. The van der Waals surface area contributed by atoms with Crippen molar-refractivity contribution < 1.29 is 9.53 Å². The summed E-state index contributed by atoms with van der Waals surface area (Å²) in [6.45, 7) is 1.14. The van der Waals surface area contributed by atoms with Crippen molar-refractivity contribution in [1.29, 1.82) is 5.26 Å². The van der Waals surface area contributed by atoms with Crippen LogP contribution in [-0.4, -0.2) is 25.6 Å². The van der Waals surface area contributed by atoms with Crippen LogP contribution in [0.4, 0.5) is 5.69 Å². The first-order valence-electron chi connectivity index (χ1n) is 7.42. The van der Waals surface area contributed by atoms with Crippen molar-refractivity contribution in [3.63, 3.8) is 0 Å². The zero-order valence-corrected chi connectivity index (χ0v) is 13.1. The Kier molecular flexibility index (Phi) is 6.25. The smallest absolute Gasteiger partial charge is 0.254 e. The molecule has 5 heteroatoms. The molecule has 0 heterocycles. The van der Waals surface area contributed by atoms with Gasteiger partial charge in [0.25, 0.3) is 5.91 Å². The van der Waals surface area contributed by atoms with Gasteiger partial charge in [0.2, 0.25) is 0 Å². The zero-order chi connectivity index (χ0) is 17.2. The average Bonchev–Trinajstić information content (AvgIpc) is 2.64.